The largest absolute Gasteiger partial charge is 0.384 e. The maximum Gasteiger partial charge on any atom is 0.162 e. The monoisotopic (exact) mass is 446 g/mol. The van der Waals surface area contributed by atoms with Crippen molar-refractivity contribution in [1.29, 1.82) is 0 Å². The predicted molar refractivity (Wildman–Crippen MR) is 138 cm³/mol. The molecule has 0 aliphatic heterocycles. The lowest BCUT2D eigenvalue weighted by molar-refractivity contribution is 0.866. The summed E-state index contributed by atoms with van der Waals surface area (Å²) in [7, 11) is 0. The number of nitrogens with two attached hydrogens (primary N) is 1. The summed E-state index contributed by atoms with van der Waals surface area (Å²) < 4.78 is 0. The highest BCUT2D eigenvalue weighted by atomic mass is 15.0. The first kappa shape index (κ1) is 21.5. The van der Waals surface area contributed by atoms with Crippen molar-refractivity contribution in [1.82, 2.24) is 19.9 Å². The maximum absolute atomic E-state index is 5.98. The Kier molecular flexibility index (Phi) is 5.87. The molecule has 6 nitrogen and oxygen atoms in total. The summed E-state index contributed by atoms with van der Waals surface area (Å²) in [4.78, 5) is 18.4. The predicted octanol–water partition coefficient (Wildman–Crippen LogP) is 6.07. The Morgan fingerprint density at radius 1 is 0.882 bits per heavy atom. The molecule has 0 saturated heterocycles. The van der Waals surface area contributed by atoms with E-state index in [1.165, 1.54) is 5.56 Å². The number of benzene rings is 2. The first-order valence-corrected chi connectivity index (χ1v) is 11.4. The van der Waals surface area contributed by atoms with Crippen molar-refractivity contribution in [3.8, 4) is 22.6 Å². The van der Waals surface area contributed by atoms with Gasteiger partial charge in [-0.3, -0.25) is 4.98 Å². The normalized spacial score (nSPS) is 11.1. The number of pyridine rings is 2. The number of hydrogen-bond acceptors (Lipinski definition) is 6. The molecule has 0 fully saturated rings. The van der Waals surface area contributed by atoms with Gasteiger partial charge < -0.3 is 11.1 Å². The minimum absolute atomic E-state index is 0.356. The van der Waals surface area contributed by atoms with Crippen LogP contribution >= 0.6 is 0 Å². The SMILES string of the molecule is CC(C)c1ccccc1-c1nc(NCc2ccc(-c3ccccn3)cc2)c2cc(N)ncc2n1. The van der Waals surface area contributed by atoms with Crippen LogP contribution in [0.5, 0.6) is 0 Å². The standard InChI is InChI=1S/C28H26N6/c1-18(2)21-7-3-4-8-22(21)28-33-25-17-31-26(29)15-23(25)27(34-28)32-16-19-10-12-20(13-11-19)24-9-5-6-14-30-24/h3-15,17-18H,16H2,1-2H3,(H2,29,31)(H,32,33,34). The van der Waals surface area contributed by atoms with E-state index in [9.17, 15) is 0 Å². The summed E-state index contributed by atoms with van der Waals surface area (Å²) in [5.74, 6) is 2.21. The van der Waals surface area contributed by atoms with Crippen molar-refractivity contribution < 1.29 is 0 Å². The molecule has 5 aromatic rings. The van der Waals surface area contributed by atoms with Crippen LogP contribution in [0.15, 0.2) is 85.2 Å². The van der Waals surface area contributed by atoms with E-state index >= 15 is 0 Å². The number of nitrogens with one attached hydrogen (secondary N) is 1. The molecule has 3 heterocycles. The first-order valence-electron chi connectivity index (χ1n) is 11.4. The van der Waals surface area contributed by atoms with Gasteiger partial charge in [-0.15, -0.1) is 0 Å². The highest BCUT2D eigenvalue weighted by Crippen LogP contribution is 2.31. The number of nitrogen functional groups attached to an aromatic ring is 1. The second-order valence-corrected chi connectivity index (χ2v) is 8.53. The lowest BCUT2D eigenvalue weighted by Crippen LogP contribution is -2.06. The molecule has 3 aromatic heterocycles. The summed E-state index contributed by atoms with van der Waals surface area (Å²) in [6, 6.07) is 24.4. The third-order valence-corrected chi connectivity index (χ3v) is 5.80. The molecule has 0 aliphatic rings. The van der Waals surface area contributed by atoms with Gasteiger partial charge >= 0.3 is 0 Å². The molecule has 168 valence electrons. The van der Waals surface area contributed by atoms with E-state index < -0.39 is 0 Å². The molecule has 0 amide bonds. The van der Waals surface area contributed by atoms with E-state index in [0.29, 0.717) is 24.1 Å². The molecule has 34 heavy (non-hydrogen) atoms. The van der Waals surface area contributed by atoms with Crippen molar-refractivity contribution >= 4 is 22.5 Å². The molecule has 0 spiro atoms. The van der Waals surface area contributed by atoms with Crippen LogP contribution in [-0.4, -0.2) is 19.9 Å². The Balaban J connectivity index is 1.48. The van der Waals surface area contributed by atoms with Crippen LogP contribution in [-0.2, 0) is 6.54 Å². The lowest BCUT2D eigenvalue weighted by atomic mass is 9.97. The topological polar surface area (TPSA) is 89.6 Å². The zero-order valence-corrected chi connectivity index (χ0v) is 19.2. The second-order valence-electron chi connectivity index (χ2n) is 8.53. The van der Waals surface area contributed by atoms with Gasteiger partial charge in [-0.1, -0.05) is 68.4 Å². The summed E-state index contributed by atoms with van der Waals surface area (Å²) in [6.07, 6.45) is 3.52. The van der Waals surface area contributed by atoms with E-state index in [-0.39, 0.29) is 0 Å². The minimum atomic E-state index is 0.356. The Morgan fingerprint density at radius 3 is 2.44 bits per heavy atom. The number of rotatable bonds is 6. The molecule has 0 bridgehead atoms. The van der Waals surface area contributed by atoms with Crippen LogP contribution in [0.25, 0.3) is 33.5 Å². The molecule has 0 saturated carbocycles. The van der Waals surface area contributed by atoms with Crippen LogP contribution < -0.4 is 11.1 Å². The van der Waals surface area contributed by atoms with Crippen molar-refractivity contribution in [2.45, 2.75) is 26.3 Å². The maximum atomic E-state index is 5.98. The van der Waals surface area contributed by atoms with Crippen LogP contribution in [0.4, 0.5) is 11.6 Å². The molecular formula is C28H26N6. The lowest BCUT2D eigenvalue weighted by Gasteiger charge is -2.15. The van der Waals surface area contributed by atoms with E-state index in [4.69, 9.17) is 15.7 Å². The summed E-state index contributed by atoms with van der Waals surface area (Å²) in [6.45, 7) is 4.97. The van der Waals surface area contributed by atoms with Crippen molar-refractivity contribution in [2.75, 3.05) is 11.1 Å². The molecule has 2 aromatic carbocycles. The van der Waals surface area contributed by atoms with Gasteiger partial charge in [0.15, 0.2) is 5.82 Å². The smallest absolute Gasteiger partial charge is 0.162 e. The highest BCUT2D eigenvalue weighted by Gasteiger charge is 2.14. The average Bonchev–Trinajstić information content (AvgIpc) is 2.88. The quantitative estimate of drug-likeness (QED) is 0.329. The van der Waals surface area contributed by atoms with Gasteiger partial charge in [0.1, 0.15) is 11.6 Å². The van der Waals surface area contributed by atoms with Gasteiger partial charge in [-0.05, 0) is 35.2 Å². The van der Waals surface area contributed by atoms with E-state index in [1.54, 1.807) is 12.4 Å². The Labute approximate surface area is 199 Å². The van der Waals surface area contributed by atoms with E-state index in [2.05, 4.69) is 71.6 Å². The van der Waals surface area contributed by atoms with Crippen LogP contribution in [0, 0.1) is 0 Å². The van der Waals surface area contributed by atoms with Crippen molar-refractivity contribution in [2.24, 2.45) is 0 Å². The fourth-order valence-corrected chi connectivity index (χ4v) is 4.02. The van der Waals surface area contributed by atoms with Gasteiger partial charge in [0.25, 0.3) is 0 Å². The number of aromatic nitrogens is 4. The molecular weight excluding hydrogens is 420 g/mol. The first-order chi connectivity index (χ1) is 16.6. The van der Waals surface area contributed by atoms with Gasteiger partial charge in [0.2, 0.25) is 0 Å². The van der Waals surface area contributed by atoms with Crippen molar-refractivity contribution in [3.63, 3.8) is 0 Å². The zero-order valence-electron chi connectivity index (χ0n) is 19.2. The highest BCUT2D eigenvalue weighted by molar-refractivity contribution is 5.91. The van der Waals surface area contributed by atoms with Crippen LogP contribution in [0.1, 0.15) is 30.9 Å². The van der Waals surface area contributed by atoms with E-state index in [1.807, 2.05) is 30.3 Å². The Hall–Kier alpha value is -4.32. The summed E-state index contributed by atoms with van der Waals surface area (Å²) in [5, 5.41) is 4.35. The van der Waals surface area contributed by atoms with Gasteiger partial charge in [-0.2, -0.15) is 0 Å². The third-order valence-electron chi connectivity index (χ3n) is 5.80. The van der Waals surface area contributed by atoms with Gasteiger partial charge in [0.05, 0.1) is 17.4 Å². The minimum Gasteiger partial charge on any atom is -0.384 e. The van der Waals surface area contributed by atoms with Gasteiger partial charge in [0, 0.05) is 29.3 Å². The number of hydrogen-bond donors (Lipinski definition) is 2. The van der Waals surface area contributed by atoms with Crippen LogP contribution in [0.3, 0.4) is 0 Å². The average molecular weight is 447 g/mol. The molecule has 0 radical (unpaired) electrons. The number of fused-ring (bicyclic) bond motifs is 1. The molecule has 0 atom stereocenters. The Bertz CT molecular complexity index is 1430. The van der Waals surface area contributed by atoms with Crippen molar-refractivity contribution in [3.05, 3.63) is 96.3 Å². The molecule has 0 aliphatic carbocycles. The molecule has 6 heteroatoms. The number of nitrogens with zero attached hydrogens (tertiary/aromatic N) is 4. The fraction of sp³-hybridized carbons (Fsp3) is 0.143. The van der Waals surface area contributed by atoms with E-state index in [0.717, 1.165) is 39.1 Å². The summed E-state index contributed by atoms with van der Waals surface area (Å²) >= 11 is 0. The molecule has 3 N–H and O–H groups in total. The number of anilines is 2. The second kappa shape index (κ2) is 9.27. The molecule has 0 unspecified atom stereocenters. The Morgan fingerprint density at radius 2 is 1.68 bits per heavy atom. The van der Waals surface area contributed by atoms with Gasteiger partial charge in [-0.25, -0.2) is 15.0 Å². The zero-order chi connectivity index (χ0) is 23.5. The third kappa shape index (κ3) is 4.43. The van der Waals surface area contributed by atoms with Crippen LogP contribution in [0.2, 0.25) is 0 Å². The fourth-order valence-electron chi connectivity index (χ4n) is 4.02. The summed E-state index contributed by atoms with van der Waals surface area (Å²) in [5.41, 5.74) is 12.2. The molecule has 5 rings (SSSR count).